The van der Waals surface area contributed by atoms with Gasteiger partial charge >= 0.3 is 0 Å². The quantitative estimate of drug-likeness (QED) is 0.193. The van der Waals surface area contributed by atoms with Crippen LogP contribution in [-0.2, 0) is 28.6 Å². The zero-order chi connectivity index (χ0) is 26.6. The van der Waals surface area contributed by atoms with Gasteiger partial charge in [0.05, 0.1) is 49.8 Å². The van der Waals surface area contributed by atoms with Gasteiger partial charge in [-0.15, -0.1) is 6.58 Å². The SMILES string of the molecule is C=CCOCCOCCOCCCCCC(=O)Nc1cccc2c1C(=O)N(C1CCC(=O)NC1=O)C2=O. The molecule has 1 saturated heterocycles. The molecule has 0 radical (unpaired) electrons. The van der Waals surface area contributed by atoms with Crippen LogP contribution < -0.4 is 10.6 Å². The van der Waals surface area contributed by atoms with Gasteiger partial charge in [-0.25, -0.2) is 0 Å². The number of unbranched alkanes of at least 4 members (excludes halogenated alkanes) is 2. The minimum Gasteiger partial charge on any atom is -0.379 e. The summed E-state index contributed by atoms with van der Waals surface area (Å²) in [7, 11) is 0. The van der Waals surface area contributed by atoms with Gasteiger partial charge in [-0.2, -0.15) is 0 Å². The topological polar surface area (TPSA) is 140 Å². The van der Waals surface area contributed by atoms with Crippen molar-refractivity contribution >= 4 is 35.2 Å². The summed E-state index contributed by atoms with van der Waals surface area (Å²) in [5.74, 6) is -2.66. The third kappa shape index (κ3) is 7.78. The average molecular weight is 516 g/mol. The lowest BCUT2D eigenvalue weighted by molar-refractivity contribution is -0.136. The fourth-order valence-electron chi connectivity index (χ4n) is 4.10. The molecule has 2 heterocycles. The first-order chi connectivity index (χ1) is 17.9. The molecule has 1 aromatic carbocycles. The van der Waals surface area contributed by atoms with Gasteiger partial charge < -0.3 is 19.5 Å². The van der Waals surface area contributed by atoms with Gasteiger partial charge in [0.2, 0.25) is 17.7 Å². The van der Waals surface area contributed by atoms with Crippen molar-refractivity contribution in [1.82, 2.24) is 10.2 Å². The predicted octanol–water partition coefficient (Wildman–Crippen LogP) is 1.82. The van der Waals surface area contributed by atoms with Crippen molar-refractivity contribution in [2.24, 2.45) is 0 Å². The van der Waals surface area contributed by atoms with Crippen LogP contribution in [0.2, 0.25) is 0 Å². The number of fused-ring (bicyclic) bond motifs is 1. The van der Waals surface area contributed by atoms with Crippen LogP contribution in [0.15, 0.2) is 30.9 Å². The summed E-state index contributed by atoms with van der Waals surface area (Å²) in [5, 5.41) is 4.89. The molecule has 1 unspecified atom stereocenters. The zero-order valence-electron chi connectivity index (χ0n) is 20.8. The van der Waals surface area contributed by atoms with Crippen LogP contribution >= 0.6 is 0 Å². The number of anilines is 1. The van der Waals surface area contributed by atoms with E-state index in [1.807, 2.05) is 0 Å². The Morgan fingerprint density at radius 3 is 2.46 bits per heavy atom. The number of nitrogens with one attached hydrogen (secondary N) is 2. The molecule has 3 rings (SSSR count). The molecule has 1 aromatic rings. The highest BCUT2D eigenvalue weighted by molar-refractivity contribution is 6.26. The number of rotatable bonds is 16. The molecule has 2 N–H and O–H groups in total. The molecule has 0 aromatic heterocycles. The molecule has 2 aliphatic rings. The summed E-state index contributed by atoms with van der Waals surface area (Å²) < 4.78 is 16.1. The van der Waals surface area contributed by atoms with Crippen molar-refractivity contribution in [3.63, 3.8) is 0 Å². The van der Waals surface area contributed by atoms with E-state index < -0.39 is 29.7 Å². The van der Waals surface area contributed by atoms with E-state index in [0.29, 0.717) is 46.1 Å². The number of amides is 5. The number of hydrogen-bond donors (Lipinski definition) is 2. The normalized spacial score (nSPS) is 17.1. The van der Waals surface area contributed by atoms with E-state index in [-0.39, 0.29) is 42.0 Å². The summed E-state index contributed by atoms with van der Waals surface area (Å²) in [4.78, 5) is 63.0. The summed E-state index contributed by atoms with van der Waals surface area (Å²) >= 11 is 0. The molecule has 11 heteroatoms. The molecule has 0 bridgehead atoms. The van der Waals surface area contributed by atoms with Gasteiger partial charge in [0, 0.05) is 19.4 Å². The molecule has 11 nitrogen and oxygen atoms in total. The molecule has 0 saturated carbocycles. The minimum atomic E-state index is -1.06. The Hall–Kier alpha value is -3.41. The molecule has 0 spiro atoms. The highest BCUT2D eigenvalue weighted by Gasteiger charge is 2.45. The first-order valence-electron chi connectivity index (χ1n) is 12.4. The number of ether oxygens (including phenoxy) is 3. The van der Waals surface area contributed by atoms with Gasteiger partial charge in [-0.3, -0.25) is 34.2 Å². The van der Waals surface area contributed by atoms with Crippen molar-refractivity contribution in [2.75, 3.05) is 45.0 Å². The lowest BCUT2D eigenvalue weighted by atomic mass is 10.0. The maximum Gasteiger partial charge on any atom is 0.264 e. The van der Waals surface area contributed by atoms with Crippen LogP contribution in [0.1, 0.15) is 59.2 Å². The standard InChI is InChI=1S/C26H33N3O8/c1-2-12-35-14-16-37-17-15-36-13-5-3-4-9-21(30)27-19-8-6-7-18-23(19)26(34)29(25(18)33)20-10-11-22(31)28-24(20)32/h2,6-8,20H,1,3-5,9-17H2,(H,27,30)(H,28,31,32). The summed E-state index contributed by atoms with van der Waals surface area (Å²) in [6.45, 7) is 6.64. The maximum absolute atomic E-state index is 13.1. The van der Waals surface area contributed by atoms with Crippen molar-refractivity contribution in [1.29, 1.82) is 0 Å². The second kappa shape index (κ2) is 14.4. The lowest BCUT2D eigenvalue weighted by Gasteiger charge is -2.27. The molecule has 200 valence electrons. The lowest BCUT2D eigenvalue weighted by Crippen LogP contribution is -2.54. The van der Waals surface area contributed by atoms with E-state index in [9.17, 15) is 24.0 Å². The Labute approximate surface area is 215 Å². The van der Waals surface area contributed by atoms with E-state index >= 15 is 0 Å². The predicted molar refractivity (Wildman–Crippen MR) is 133 cm³/mol. The number of nitrogens with zero attached hydrogens (tertiary/aromatic N) is 1. The van der Waals surface area contributed by atoms with Crippen LogP contribution in [0.5, 0.6) is 0 Å². The number of hydrogen-bond acceptors (Lipinski definition) is 8. The fraction of sp³-hybridized carbons (Fsp3) is 0.500. The van der Waals surface area contributed by atoms with Crippen molar-refractivity contribution in [2.45, 2.75) is 44.6 Å². The first kappa shape index (κ1) is 28.2. The third-order valence-corrected chi connectivity index (χ3v) is 5.91. The van der Waals surface area contributed by atoms with Crippen molar-refractivity contribution in [3.05, 3.63) is 42.0 Å². The monoisotopic (exact) mass is 515 g/mol. The first-order valence-corrected chi connectivity index (χ1v) is 12.4. The van der Waals surface area contributed by atoms with E-state index in [1.165, 1.54) is 6.07 Å². The maximum atomic E-state index is 13.1. The van der Waals surface area contributed by atoms with Crippen LogP contribution in [-0.4, -0.2) is 80.1 Å². The molecule has 2 aliphatic heterocycles. The van der Waals surface area contributed by atoms with E-state index in [4.69, 9.17) is 14.2 Å². The second-order valence-corrected chi connectivity index (χ2v) is 8.62. The number of piperidine rings is 1. The highest BCUT2D eigenvalue weighted by Crippen LogP contribution is 2.32. The fourth-order valence-corrected chi connectivity index (χ4v) is 4.10. The Morgan fingerprint density at radius 1 is 1.00 bits per heavy atom. The van der Waals surface area contributed by atoms with E-state index in [1.54, 1.807) is 18.2 Å². The molecule has 1 fully saturated rings. The van der Waals surface area contributed by atoms with Crippen LogP contribution in [0, 0.1) is 0 Å². The molecule has 0 aliphatic carbocycles. The number of carbonyl (C=O) groups is 5. The Bertz CT molecular complexity index is 1030. The third-order valence-electron chi connectivity index (χ3n) is 5.91. The van der Waals surface area contributed by atoms with Gasteiger partial charge in [0.25, 0.3) is 11.8 Å². The van der Waals surface area contributed by atoms with Crippen molar-refractivity contribution in [3.8, 4) is 0 Å². The number of benzene rings is 1. The van der Waals surface area contributed by atoms with Gasteiger partial charge in [0.15, 0.2) is 0 Å². The van der Waals surface area contributed by atoms with Gasteiger partial charge in [-0.1, -0.05) is 18.6 Å². The van der Waals surface area contributed by atoms with E-state index in [0.717, 1.165) is 17.7 Å². The van der Waals surface area contributed by atoms with Crippen molar-refractivity contribution < 1.29 is 38.2 Å². The van der Waals surface area contributed by atoms with Crippen LogP contribution in [0.3, 0.4) is 0 Å². The second-order valence-electron chi connectivity index (χ2n) is 8.62. The highest BCUT2D eigenvalue weighted by atomic mass is 16.5. The zero-order valence-corrected chi connectivity index (χ0v) is 20.8. The van der Waals surface area contributed by atoms with Gasteiger partial charge in [0.1, 0.15) is 6.04 Å². The number of imide groups is 2. The van der Waals surface area contributed by atoms with Gasteiger partial charge in [-0.05, 0) is 31.4 Å². The molecular weight excluding hydrogens is 482 g/mol. The Kier molecular flexibility index (Phi) is 10.9. The van der Waals surface area contributed by atoms with Crippen LogP contribution in [0.25, 0.3) is 0 Å². The minimum absolute atomic E-state index is 0.0398. The Balaban J connectivity index is 1.38. The largest absolute Gasteiger partial charge is 0.379 e. The molecule has 1 atom stereocenters. The molecule has 37 heavy (non-hydrogen) atoms. The Morgan fingerprint density at radius 2 is 1.73 bits per heavy atom. The summed E-state index contributed by atoms with van der Waals surface area (Å²) in [6, 6.07) is 3.55. The smallest absolute Gasteiger partial charge is 0.264 e. The average Bonchev–Trinajstić information content (AvgIpc) is 3.12. The van der Waals surface area contributed by atoms with E-state index in [2.05, 4.69) is 17.2 Å². The number of carbonyl (C=O) groups excluding carboxylic acids is 5. The molecule has 5 amide bonds. The summed E-state index contributed by atoms with van der Waals surface area (Å²) in [5.41, 5.74) is 0.417. The van der Waals surface area contributed by atoms with Crippen LogP contribution in [0.4, 0.5) is 5.69 Å². The molecular formula is C26H33N3O8. The summed E-state index contributed by atoms with van der Waals surface area (Å²) in [6.07, 6.45) is 4.26.